The molecule has 0 N–H and O–H groups in total. The van der Waals surface area contributed by atoms with Crippen molar-refractivity contribution in [1.82, 2.24) is 9.88 Å². The standard InChI is InChI=1S/C24H25N5O3/c30-24(28-15-13-26(14-16-28)21-9-3-4-10-22(21)29(31)32)19-17-18-7-1-2-8-20(18)25-23(19)27-11-5-6-12-27/h1-4,7-10,17H,5-6,11-16H2. The fourth-order valence-corrected chi connectivity index (χ4v) is 4.64. The molecule has 1 aromatic heterocycles. The van der Waals surface area contributed by atoms with Gasteiger partial charge in [-0.15, -0.1) is 0 Å². The maximum absolute atomic E-state index is 13.6. The Morgan fingerprint density at radius 2 is 1.56 bits per heavy atom. The molecular weight excluding hydrogens is 406 g/mol. The summed E-state index contributed by atoms with van der Waals surface area (Å²) in [6.07, 6.45) is 2.22. The number of fused-ring (bicyclic) bond motifs is 1. The van der Waals surface area contributed by atoms with Gasteiger partial charge in [-0.3, -0.25) is 14.9 Å². The summed E-state index contributed by atoms with van der Waals surface area (Å²) >= 11 is 0. The summed E-state index contributed by atoms with van der Waals surface area (Å²) in [7, 11) is 0. The smallest absolute Gasteiger partial charge is 0.292 e. The van der Waals surface area contributed by atoms with E-state index in [2.05, 4.69) is 4.90 Å². The SMILES string of the molecule is O=C(c1cc2ccccc2nc1N1CCCC1)N1CCN(c2ccccc2[N+](=O)[O-])CC1. The minimum atomic E-state index is -0.351. The highest BCUT2D eigenvalue weighted by atomic mass is 16.6. The number of carbonyl (C=O) groups is 1. The number of rotatable bonds is 4. The lowest BCUT2D eigenvalue weighted by Crippen LogP contribution is -2.49. The second-order valence-electron chi connectivity index (χ2n) is 8.27. The van der Waals surface area contributed by atoms with E-state index in [4.69, 9.17) is 4.98 Å². The van der Waals surface area contributed by atoms with Gasteiger partial charge in [0.2, 0.25) is 0 Å². The number of amides is 1. The van der Waals surface area contributed by atoms with Crippen LogP contribution in [0.4, 0.5) is 17.2 Å². The minimum Gasteiger partial charge on any atom is -0.362 e. The van der Waals surface area contributed by atoms with E-state index in [-0.39, 0.29) is 16.5 Å². The molecule has 2 aromatic carbocycles. The zero-order chi connectivity index (χ0) is 22.1. The molecular formula is C24H25N5O3. The van der Waals surface area contributed by atoms with Gasteiger partial charge in [-0.05, 0) is 31.0 Å². The molecule has 32 heavy (non-hydrogen) atoms. The molecule has 5 rings (SSSR count). The molecule has 8 heteroatoms. The summed E-state index contributed by atoms with van der Waals surface area (Å²) < 4.78 is 0. The molecule has 0 saturated carbocycles. The van der Waals surface area contributed by atoms with Gasteiger partial charge in [-0.1, -0.05) is 30.3 Å². The third-order valence-electron chi connectivity index (χ3n) is 6.33. The molecule has 8 nitrogen and oxygen atoms in total. The van der Waals surface area contributed by atoms with Gasteiger partial charge >= 0.3 is 0 Å². The predicted molar refractivity (Wildman–Crippen MR) is 124 cm³/mol. The quantitative estimate of drug-likeness (QED) is 0.463. The monoisotopic (exact) mass is 431 g/mol. The molecule has 2 saturated heterocycles. The lowest BCUT2D eigenvalue weighted by molar-refractivity contribution is -0.384. The third kappa shape index (κ3) is 3.72. The molecule has 2 aliphatic heterocycles. The molecule has 1 amide bonds. The molecule has 0 unspecified atom stereocenters. The van der Waals surface area contributed by atoms with Crippen molar-refractivity contribution in [2.24, 2.45) is 0 Å². The summed E-state index contributed by atoms with van der Waals surface area (Å²) in [6, 6.07) is 16.6. The van der Waals surface area contributed by atoms with Crippen molar-refractivity contribution in [3.63, 3.8) is 0 Å². The van der Waals surface area contributed by atoms with Gasteiger partial charge in [0.1, 0.15) is 11.5 Å². The number of nitrogens with zero attached hydrogens (tertiary/aromatic N) is 5. The second-order valence-corrected chi connectivity index (χ2v) is 8.27. The van der Waals surface area contributed by atoms with Gasteiger partial charge < -0.3 is 14.7 Å². The first-order valence-corrected chi connectivity index (χ1v) is 11.0. The molecule has 2 fully saturated rings. The molecule has 3 heterocycles. The Bertz CT molecular complexity index is 1170. The summed E-state index contributed by atoms with van der Waals surface area (Å²) in [5, 5.41) is 12.4. The van der Waals surface area contributed by atoms with Crippen molar-refractivity contribution >= 4 is 34.0 Å². The summed E-state index contributed by atoms with van der Waals surface area (Å²) in [5.41, 5.74) is 2.24. The van der Waals surface area contributed by atoms with E-state index in [9.17, 15) is 14.9 Å². The van der Waals surface area contributed by atoms with Gasteiger partial charge in [0.25, 0.3) is 11.6 Å². The van der Waals surface area contributed by atoms with E-state index >= 15 is 0 Å². The normalized spacial score (nSPS) is 16.6. The zero-order valence-electron chi connectivity index (χ0n) is 17.8. The lowest BCUT2D eigenvalue weighted by atomic mass is 10.1. The minimum absolute atomic E-state index is 0.0210. The molecule has 3 aromatic rings. The summed E-state index contributed by atoms with van der Waals surface area (Å²) in [5.74, 6) is 0.750. The molecule has 0 bridgehead atoms. The predicted octanol–water partition coefficient (Wildman–Crippen LogP) is 3.71. The number of aromatic nitrogens is 1. The highest BCUT2D eigenvalue weighted by Gasteiger charge is 2.29. The van der Waals surface area contributed by atoms with Gasteiger partial charge in [-0.25, -0.2) is 4.98 Å². The number of hydrogen-bond acceptors (Lipinski definition) is 6. The van der Waals surface area contributed by atoms with Crippen LogP contribution in [0.3, 0.4) is 0 Å². The average molecular weight is 431 g/mol. The molecule has 0 atom stereocenters. The van der Waals surface area contributed by atoms with Crippen molar-refractivity contribution in [2.45, 2.75) is 12.8 Å². The third-order valence-corrected chi connectivity index (χ3v) is 6.33. The van der Waals surface area contributed by atoms with Gasteiger partial charge in [-0.2, -0.15) is 0 Å². The zero-order valence-corrected chi connectivity index (χ0v) is 17.8. The number of para-hydroxylation sites is 3. The number of anilines is 2. The summed E-state index contributed by atoms with van der Waals surface area (Å²) in [4.78, 5) is 35.5. The van der Waals surface area contributed by atoms with Crippen molar-refractivity contribution in [3.8, 4) is 0 Å². The van der Waals surface area contributed by atoms with Gasteiger partial charge in [0, 0.05) is 50.7 Å². The number of carbonyl (C=O) groups excluding carboxylic acids is 1. The Morgan fingerprint density at radius 3 is 2.31 bits per heavy atom. The maximum atomic E-state index is 13.6. The van der Waals surface area contributed by atoms with Crippen molar-refractivity contribution in [2.75, 3.05) is 49.1 Å². The Hall–Kier alpha value is -3.68. The largest absolute Gasteiger partial charge is 0.362 e. The van der Waals surface area contributed by atoms with E-state index in [0.29, 0.717) is 37.4 Å². The molecule has 0 aliphatic carbocycles. The van der Waals surface area contributed by atoms with Crippen molar-refractivity contribution in [3.05, 3.63) is 70.3 Å². The van der Waals surface area contributed by atoms with Crippen molar-refractivity contribution in [1.29, 1.82) is 0 Å². The highest BCUT2D eigenvalue weighted by Crippen LogP contribution is 2.30. The molecule has 0 spiro atoms. The van der Waals surface area contributed by atoms with Crippen LogP contribution in [-0.4, -0.2) is 60.0 Å². The Kier molecular flexibility index (Phi) is 5.34. The number of nitro groups is 1. The number of hydrogen-bond donors (Lipinski definition) is 0. The van der Waals surface area contributed by atoms with E-state index in [0.717, 1.165) is 42.7 Å². The Balaban J connectivity index is 1.40. The van der Waals surface area contributed by atoms with Crippen LogP contribution in [-0.2, 0) is 0 Å². The van der Waals surface area contributed by atoms with E-state index in [1.54, 1.807) is 12.1 Å². The van der Waals surface area contributed by atoms with Crippen LogP contribution in [0.25, 0.3) is 10.9 Å². The highest BCUT2D eigenvalue weighted by molar-refractivity contribution is 6.02. The average Bonchev–Trinajstić information content (AvgIpc) is 3.38. The van der Waals surface area contributed by atoms with Crippen molar-refractivity contribution < 1.29 is 9.72 Å². The molecule has 2 aliphatic rings. The van der Waals surface area contributed by atoms with Crippen LogP contribution in [0.1, 0.15) is 23.2 Å². The fourth-order valence-electron chi connectivity index (χ4n) is 4.64. The lowest BCUT2D eigenvalue weighted by Gasteiger charge is -2.36. The molecule has 0 radical (unpaired) electrons. The van der Waals surface area contributed by atoms with Crippen LogP contribution in [0.2, 0.25) is 0 Å². The number of benzene rings is 2. The summed E-state index contributed by atoms with van der Waals surface area (Å²) in [6.45, 7) is 3.95. The fraction of sp³-hybridized carbons (Fsp3) is 0.333. The van der Waals surface area contributed by atoms with Crippen LogP contribution in [0, 0.1) is 10.1 Å². The molecule has 164 valence electrons. The van der Waals surface area contributed by atoms with E-state index in [1.807, 2.05) is 46.2 Å². The second kappa shape index (κ2) is 8.45. The first kappa shape index (κ1) is 20.2. The maximum Gasteiger partial charge on any atom is 0.292 e. The number of piperazine rings is 1. The van der Waals surface area contributed by atoms with Crippen LogP contribution in [0.15, 0.2) is 54.6 Å². The topological polar surface area (TPSA) is 82.8 Å². The van der Waals surface area contributed by atoms with Crippen LogP contribution >= 0.6 is 0 Å². The first-order chi connectivity index (χ1) is 15.6. The number of nitro benzene ring substituents is 1. The van der Waals surface area contributed by atoms with E-state index < -0.39 is 0 Å². The first-order valence-electron chi connectivity index (χ1n) is 11.0. The van der Waals surface area contributed by atoms with Gasteiger partial charge in [0.05, 0.1) is 16.0 Å². The Labute approximate surface area is 186 Å². The van der Waals surface area contributed by atoms with Gasteiger partial charge in [0.15, 0.2) is 0 Å². The van der Waals surface area contributed by atoms with Crippen LogP contribution in [0.5, 0.6) is 0 Å². The Morgan fingerprint density at radius 1 is 0.875 bits per heavy atom. The van der Waals surface area contributed by atoms with E-state index in [1.165, 1.54) is 6.07 Å². The van der Waals surface area contributed by atoms with Crippen LogP contribution < -0.4 is 9.80 Å². The number of pyridine rings is 1.